The average Bonchev–Trinajstić information content (AvgIpc) is 2.95. The van der Waals surface area contributed by atoms with Crippen LogP contribution >= 0.6 is 23.2 Å². The number of anilines is 1. The number of likely N-dealkylation sites (tertiary alicyclic amines) is 1. The van der Waals surface area contributed by atoms with E-state index < -0.39 is 0 Å². The lowest BCUT2D eigenvalue weighted by atomic mass is 9.97. The van der Waals surface area contributed by atoms with Crippen molar-refractivity contribution in [3.05, 3.63) is 69.3 Å². The molecule has 1 unspecified atom stereocenters. The van der Waals surface area contributed by atoms with Crippen LogP contribution in [0.4, 0.5) is 5.69 Å². The van der Waals surface area contributed by atoms with E-state index in [0.29, 0.717) is 27.9 Å². The molecule has 1 fully saturated rings. The summed E-state index contributed by atoms with van der Waals surface area (Å²) in [6, 6.07) is 12.7. The van der Waals surface area contributed by atoms with Crippen LogP contribution in [0, 0.1) is 12.8 Å². The maximum absolute atomic E-state index is 13.5. The number of rotatable bonds is 3. The van der Waals surface area contributed by atoms with Gasteiger partial charge in [0.05, 0.1) is 21.3 Å². The Bertz CT molecular complexity index is 1010. The van der Waals surface area contributed by atoms with E-state index in [1.54, 1.807) is 18.2 Å². The summed E-state index contributed by atoms with van der Waals surface area (Å²) in [6.07, 6.45) is 2.11. The topological polar surface area (TPSA) is 40.6 Å². The third-order valence-electron chi connectivity index (χ3n) is 5.55. The van der Waals surface area contributed by atoms with Gasteiger partial charge in [-0.2, -0.15) is 0 Å². The summed E-state index contributed by atoms with van der Waals surface area (Å²) in [7, 11) is 0. The first kappa shape index (κ1) is 20.0. The van der Waals surface area contributed by atoms with Crippen molar-refractivity contribution in [1.82, 2.24) is 4.90 Å². The molecular formula is C23H22Cl2N2O2. The number of halogens is 2. The maximum Gasteiger partial charge on any atom is 0.282 e. The minimum atomic E-state index is -0.365. The van der Waals surface area contributed by atoms with Crippen LogP contribution in [0.2, 0.25) is 10.0 Å². The van der Waals surface area contributed by atoms with Gasteiger partial charge in [-0.15, -0.1) is 0 Å². The molecule has 6 heteroatoms. The van der Waals surface area contributed by atoms with Crippen molar-refractivity contribution in [2.45, 2.75) is 26.7 Å². The third-order valence-corrected chi connectivity index (χ3v) is 6.35. The van der Waals surface area contributed by atoms with Gasteiger partial charge in [0.2, 0.25) is 0 Å². The molecule has 2 amide bonds. The second-order valence-electron chi connectivity index (χ2n) is 7.80. The van der Waals surface area contributed by atoms with Gasteiger partial charge in [0, 0.05) is 13.1 Å². The molecule has 4 nitrogen and oxygen atoms in total. The highest BCUT2D eigenvalue weighted by atomic mass is 35.5. The summed E-state index contributed by atoms with van der Waals surface area (Å²) in [5.41, 5.74) is 3.04. The van der Waals surface area contributed by atoms with Gasteiger partial charge < -0.3 is 4.90 Å². The molecule has 2 heterocycles. The van der Waals surface area contributed by atoms with E-state index in [2.05, 4.69) is 11.8 Å². The van der Waals surface area contributed by atoms with E-state index in [0.717, 1.165) is 42.0 Å². The molecule has 0 bridgehead atoms. The smallest absolute Gasteiger partial charge is 0.282 e. The molecule has 0 aliphatic carbocycles. The van der Waals surface area contributed by atoms with Crippen LogP contribution in [0.15, 0.2) is 48.2 Å². The number of aryl methyl sites for hydroxylation is 1. The van der Waals surface area contributed by atoms with Gasteiger partial charge in [-0.05, 0) is 43.4 Å². The molecule has 29 heavy (non-hydrogen) atoms. The summed E-state index contributed by atoms with van der Waals surface area (Å²) >= 11 is 12.5. The Labute approximate surface area is 180 Å². The van der Waals surface area contributed by atoms with Crippen molar-refractivity contribution in [2.75, 3.05) is 18.0 Å². The zero-order valence-corrected chi connectivity index (χ0v) is 17.9. The second-order valence-corrected chi connectivity index (χ2v) is 8.59. The normalized spacial score (nSPS) is 20.1. The molecule has 0 aromatic heterocycles. The number of hydrogen-bond acceptors (Lipinski definition) is 3. The van der Waals surface area contributed by atoms with Gasteiger partial charge in [0.25, 0.3) is 11.8 Å². The van der Waals surface area contributed by atoms with Crippen molar-refractivity contribution in [3.63, 3.8) is 0 Å². The van der Waals surface area contributed by atoms with Gasteiger partial charge >= 0.3 is 0 Å². The number of carbonyl (C=O) groups is 2. The van der Waals surface area contributed by atoms with E-state index >= 15 is 0 Å². The van der Waals surface area contributed by atoms with Crippen LogP contribution in [0.25, 0.3) is 5.57 Å². The predicted molar refractivity (Wildman–Crippen MR) is 117 cm³/mol. The molecule has 0 N–H and O–H groups in total. The third kappa shape index (κ3) is 3.56. The molecule has 0 radical (unpaired) electrons. The maximum atomic E-state index is 13.5. The minimum Gasteiger partial charge on any atom is -0.366 e. The summed E-state index contributed by atoms with van der Waals surface area (Å²) in [5, 5.41) is 0.508. The average molecular weight is 429 g/mol. The largest absolute Gasteiger partial charge is 0.366 e. The van der Waals surface area contributed by atoms with Crippen LogP contribution in [0.1, 0.15) is 30.9 Å². The van der Waals surface area contributed by atoms with Crippen molar-refractivity contribution in [2.24, 2.45) is 5.92 Å². The van der Waals surface area contributed by atoms with Gasteiger partial charge in [0.15, 0.2) is 0 Å². The summed E-state index contributed by atoms with van der Waals surface area (Å²) < 4.78 is 0. The fourth-order valence-corrected chi connectivity index (χ4v) is 4.45. The molecule has 2 aromatic rings. The van der Waals surface area contributed by atoms with Crippen LogP contribution in [0.5, 0.6) is 0 Å². The fourth-order valence-electron chi connectivity index (χ4n) is 4.07. The number of piperidine rings is 1. The lowest BCUT2D eigenvalue weighted by molar-refractivity contribution is -0.120. The summed E-state index contributed by atoms with van der Waals surface area (Å²) in [5.74, 6) is -0.248. The SMILES string of the molecule is Cc1ccc(C2=C(N3CCCC(C)C3)C(=O)N(c3cccc(Cl)c3Cl)C2=O)cc1. The highest BCUT2D eigenvalue weighted by Crippen LogP contribution is 2.40. The Morgan fingerprint density at radius 3 is 2.41 bits per heavy atom. The molecule has 1 saturated heterocycles. The standard InChI is InChI=1S/C23H22Cl2N2O2/c1-14-8-10-16(11-9-14)19-21(26-12-4-5-15(2)13-26)23(29)27(22(19)28)18-7-3-6-17(24)20(18)25/h3,6-11,15H,4-5,12-13H2,1-2H3. The van der Waals surface area contributed by atoms with Crippen molar-refractivity contribution < 1.29 is 9.59 Å². The Kier molecular flexibility index (Phi) is 5.41. The van der Waals surface area contributed by atoms with Crippen molar-refractivity contribution in [1.29, 1.82) is 0 Å². The first-order valence-electron chi connectivity index (χ1n) is 9.77. The Morgan fingerprint density at radius 1 is 1.00 bits per heavy atom. The highest BCUT2D eigenvalue weighted by Gasteiger charge is 2.43. The number of hydrogen-bond donors (Lipinski definition) is 0. The quantitative estimate of drug-likeness (QED) is 0.621. The number of carbonyl (C=O) groups excluding carboxylic acids is 2. The lowest BCUT2D eigenvalue weighted by Gasteiger charge is -2.33. The monoisotopic (exact) mass is 428 g/mol. The number of amides is 2. The van der Waals surface area contributed by atoms with Crippen LogP contribution in [-0.4, -0.2) is 29.8 Å². The Morgan fingerprint density at radius 2 is 1.72 bits per heavy atom. The van der Waals surface area contributed by atoms with E-state index in [4.69, 9.17) is 23.2 Å². The summed E-state index contributed by atoms with van der Waals surface area (Å²) in [4.78, 5) is 30.3. The molecule has 2 aliphatic rings. The van der Waals surface area contributed by atoms with Gasteiger partial charge in [-0.3, -0.25) is 9.59 Å². The first-order valence-corrected chi connectivity index (χ1v) is 10.5. The Balaban J connectivity index is 1.85. The molecule has 150 valence electrons. The lowest BCUT2D eigenvalue weighted by Crippen LogP contribution is -2.39. The van der Waals surface area contributed by atoms with Gasteiger partial charge in [-0.1, -0.05) is 66.0 Å². The summed E-state index contributed by atoms with van der Waals surface area (Å²) in [6.45, 7) is 5.67. The van der Waals surface area contributed by atoms with Crippen LogP contribution < -0.4 is 4.90 Å². The fraction of sp³-hybridized carbons (Fsp3) is 0.304. The van der Waals surface area contributed by atoms with E-state index in [-0.39, 0.29) is 16.8 Å². The molecule has 2 aromatic carbocycles. The highest BCUT2D eigenvalue weighted by molar-refractivity contribution is 6.49. The number of benzene rings is 2. The minimum absolute atomic E-state index is 0.201. The van der Waals surface area contributed by atoms with Crippen LogP contribution in [0.3, 0.4) is 0 Å². The molecule has 0 spiro atoms. The number of nitrogens with zero attached hydrogens (tertiary/aromatic N) is 2. The van der Waals surface area contributed by atoms with Gasteiger partial charge in [0.1, 0.15) is 5.70 Å². The zero-order valence-electron chi connectivity index (χ0n) is 16.4. The second kappa shape index (κ2) is 7.85. The van der Waals surface area contributed by atoms with E-state index in [1.807, 2.05) is 31.2 Å². The van der Waals surface area contributed by atoms with Crippen molar-refractivity contribution in [3.8, 4) is 0 Å². The first-order chi connectivity index (χ1) is 13.9. The van der Waals surface area contributed by atoms with Crippen LogP contribution in [-0.2, 0) is 9.59 Å². The number of imide groups is 1. The molecular weight excluding hydrogens is 407 g/mol. The Hall–Kier alpha value is -2.30. The molecule has 2 aliphatic heterocycles. The predicted octanol–water partition coefficient (Wildman–Crippen LogP) is 5.32. The molecule has 1 atom stereocenters. The van der Waals surface area contributed by atoms with E-state index in [9.17, 15) is 9.59 Å². The van der Waals surface area contributed by atoms with Crippen molar-refractivity contribution >= 4 is 46.3 Å². The zero-order chi connectivity index (χ0) is 20.7. The van der Waals surface area contributed by atoms with Gasteiger partial charge in [-0.25, -0.2) is 4.90 Å². The van der Waals surface area contributed by atoms with E-state index in [1.165, 1.54) is 0 Å². The molecule has 0 saturated carbocycles. The molecule has 4 rings (SSSR count).